The quantitative estimate of drug-likeness (QED) is 0.769. The monoisotopic (exact) mass is 314 g/mol. The summed E-state index contributed by atoms with van der Waals surface area (Å²) in [5, 5.41) is 9.81. The van der Waals surface area contributed by atoms with Gasteiger partial charge < -0.3 is 5.32 Å². The van der Waals surface area contributed by atoms with Crippen LogP contribution in [0.1, 0.15) is 44.5 Å². The highest BCUT2D eigenvalue weighted by molar-refractivity contribution is 7.89. The van der Waals surface area contributed by atoms with Crippen molar-refractivity contribution in [3.05, 3.63) is 11.4 Å². The smallest absolute Gasteiger partial charge is 0.244 e. The molecule has 1 aliphatic rings. The van der Waals surface area contributed by atoms with Crippen molar-refractivity contribution in [3.63, 3.8) is 0 Å². The van der Waals surface area contributed by atoms with Gasteiger partial charge >= 0.3 is 0 Å². The Morgan fingerprint density at radius 1 is 1.29 bits per heavy atom. The van der Waals surface area contributed by atoms with E-state index in [0.717, 1.165) is 19.3 Å². The number of nitrogens with one attached hydrogen (secondary N) is 3. The van der Waals surface area contributed by atoms with Crippen molar-refractivity contribution in [1.82, 2.24) is 20.2 Å². The lowest BCUT2D eigenvalue weighted by Crippen LogP contribution is -2.40. The second-order valence-corrected chi connectivity index (χ2v) is 7.89. The zero-order valence-corrected chi connectivity index (χ0v) is 14.0. The molecule has 0 aliphatic heterocycles. The minimum atomic E-state index is -3.52. The van der Waals surface area contributed by atoms with Crippen LogP contribution in [0.25, 0.3) is 0 Å². The van der Waals surface area contributed by atoms with E-state index in [-0.39, 0.29) is 6.04 Å². The SMILES string of the molecule is CNCc1n[nH]c(C)c1S(=O)(=O)NC1CCC(C)C(C)C1. The average Bonchev–Trinajstić information content (AvgIpc) is 2.76. The topological polar surface area (TPSA) is 86.9 Å². The van der Waals surface area contributed by atoms with Crippen molar-refractivity contribution >= 4 is 10.0 Å². The molecule has 6 nitrogen and oxygen atoms in total. The van der Waals surface area contributed by atoms with Crippen molar-refractivity contribution in [3.8, 4) is 0 Å². The van der Waals surface area contributed by atoms with Gasteiger partial charge in [-0.25, -0.2) is 13.1 Å². The molecule has 0 aromatic carbocycles. The maximum absolute atomic E-state index is 12.7. The Kier molecular flexibility index (Phi) is 5.06. The van der Waals surface area contributed by atoms with E-state index in [0.29, 0.717) is 34.7 Å². The van der Waals surface area contributed by atoms with E-state index in [9.17, 15) is 8.42 Å². The zero-order valence-electron chi connectivity index (χ0n) is 13.2. The molecule has 2 rings (SSSR count). The van der Waals surface area contributed by atoms with Gasteiger partial charge in [-0.05, 0) is 45.1 Å². The first-order valence-corrected chi connectivity index (χ1v) is 9.04. The molecule has 120 valence electrons. The Labute approximate surface area is 127 Å². The number of rotatable bonds is 5. The molecule has 3 atom stereocenters. The molecular formula is C14H26N4O2S. The van der Waals surface area contributed by atoms with Gasteiger partial charge in [-0.15, -0.1) is 0 Å². The molecule has 0 bridgehead atoms. The van der Waals surface area contributed by atoms with E-state index in [4.69, 9.17) is 0 Å². The number of hydrogen-bond donors (Lipinski definition) is 3. The van der Waals surface area contributed by atoms with E-state index in [1.807, 2.05) is 0 Å². The number of nitrogens with zero attached hydrogens (tertiary/aromatic N) is 1. The predicted octanol–water partition coefficient (Wildman–Crippen LogP) is 1.54. The largest absolute Gasteiger partial charge is 0.314 e. The second-order valence-electron chi connectivity index (χ2n) is 6.24. The van der Waals surface area contributed by atoms with Crippen LogP contribution in [-0.4, -0.2) is 31.7 Å². The van der Waals surface area contributed by atoms with Gasteiger partial charge in [0.2, 0.25) is 10.0 Å². The summed E-state index contributed by atoms with van der Waals surface area (Å²) in [5.74, 6) is 1.22. The van der Waals surface area contributed by atoms with Crippen LogP contribution in [0.15, 0.2) is 4.90 Å². The normalized spacial score (nSPS) is 27.0. The maximum Gasteiger partial charge on any atom is 0.244 e. The van der Waals surface area contributed by atoms with Crippen LogP contribution >= 0.6 is 0 Å². The van der Waals surface area contributed by atoms with Crippen LogP contribution in [0.4, 0.5) is 0 Å². The number of hydrogen-bond acceptors (Lipinski definition) is 4. The summed E-state index contributed by atoms with van der Waals surface area (Å²) in [6.07, 6.45) is 2.88. The Bertz CT molecular complexity index is 582. The minimum Gasteiger partial charge on any atom is -0.314 e. The Hall–Kier alpha value is -0.920. The molecular weight excluding hydrogens is 288 g/mol. The van der Waals surface area contributed by atoms with Crippen molar-refractivity contribution in [1.29, 1.82) is 0 Å². The van der Waals surface area contributed by atoms with Gasteiger partial charge in [0.15, 0.2) is 0 Å². The zero-order chi connectivity index (χ0) is 15.6. The Morgan fingerprint density at radius 3 is 2.62 bits per heavy atom. The van der Waals surface area contributed by atoms with E-state index in [1.165, 1.54) is 0 Å². The molecule has 0 spiro atoms. The number of H-pyrrole nitrogens is 1. The van der Waals surface area contributed by atoms with Crippen LogP contribution < -0.4 is 10.0 Å². The van der Waals surface area contributed by atoms with Gasteiger partial charge in [-0.1, -0.05) is 13.8 Å². The third-order valence-corrected chi connectivity index (χ3v) is 6.22. The highest BCUT2D eigenvalue weighted by Crippen LogP contribution is 2.30. The number of aromatic amines is 1. The molecule has 0 saturated heterocycles. The third-order valence-electron chi connectivity index (χ3n) is 4.49. The van der Waals surface area contributed by atoms with Crippen LogP contribution in [-0.2, 0) is 16.6 Å². The van der Waals surface area contributed by atoms with Crippen molar-refractivity contribution in [2.75, 3.05) is 7.05 Å². The first-order valence-electron chi connectivity index (χ1n) is 7.56. The van der Waals surface area contributed by atoms with E-state index < -0.39 is 10.0 Å². The Morgan fingerprint density at radius 2 is 2.00 bits per heavy atom. The average molecular weight is 314 g/mol. The summed E-state index contributed by atoms with van der Waals surface area (Å²) in [6.45, 7) is 6.60. The van der Waals surface area contributed by atoms with E-state index in [1.54, 1.807) is 14.0 Å². The van der Waals surface area contributed by atoms with Crippen molar-refractivity contribution < 1.29 is 8.42 Å². The minimum absolute atomic E-state index is 0.0259. The molecule has 0 amide bonds. The summed E-state index contributed by atoms with van der Waals surface area (Å²) in [6, 6.07) is 0.0259. The summed E-state index contributed by atoms with van der Waals surface area (Å²) < 4.78 is 28.2. The van der Waals surface area contributed by atoms with Crippen molar-refractivity contribution in [2.45, 2.75) is 57.5 Å². The second kappa shape index (κ2) is 6.46. The van der Waals surface area contributed by atoms with Crippen LogP contribution in [0.2, 0.25) is 0 Å². The first-order chi connectivity index (χ1) is 9.85. The van der Waals surface area contributed by atoms with Gasteiger partial charge in [-0.2, -0.15) is 5.10 Å². The van der Waals surface area contributed by atoms with Crippen LogP contribution in [0.5, 0.6) is 0 Å². The molecule has 1 aromatic heterocycles. The highest BCUT2D eigenvalue weighted by Gasteiger charge is 2.31. The van der Waals surface area contributed by atoms with Crippen molar-refractivity contribution in [2.24, 2.45) is 11.8 Å². The summed E-state index contributed by atoms with van der Waals surface area (Å²) in [7, 11) is -1.75. The lowest BCUT2D eigenvalue weighted by molar-refractivity contribution is 0.242. The third kappa shape index (κ3) is 3.64. The lowest BCUT2D eigenvalue weighted by Gasteiger charge is -2.32. The summed E-state index contributed by atoms with van der Waals surface area (Å²) in [4.78, 5) is 0.295. The standard InChI is InChI=1S/C14H26N4O2S/c1-9-5-6-12(7-10(9)2)18-21(19,20)14-11(3)16-17-13(14)8-15-4/h9-10,12,15,18H,5-8H2,1-4H3,(H,16,17). The van der Waals surface area contributed by atoms with Gasteiger partial charge in [0.05, 0.1) is 11.4 Å². The molecule has 21 heavy (non-hydrogen) atoms. The van der Waals surface area contributed by atoms with Gasteiger partial charge in [-0.3, -0.25) is 5.10 Å². The summed E-state index contributed by atoms with van der Waals surface area (Å²) in [5.41, 5.74) is 1.13. The number of aromatic nitrogens is 2. The van der Waals surface area contributed by atoms with E-state index >= 15 is 0 Å². The molecule has 1 aromatic rings. The Balaban J connectivity index is 2.17. The highest BCUT2D eigenvalue weighted by atomic mass is 32.2. The van der Waals surface area contributed by atoms with Gasteiger partial charge in [0, 0.05) is 12.6 Å². The lowest BCUT2D eigenvalue weighted by atomic mass is 9.79. The maximum atomic E-state index is 12.7. The fraction of sp³-hybridized carbons (Fsp3) is 0.786. The van der Waals surface area contributed by atoms with Gasteiger partial charge in [0.1, 0.15) is 4.90 Å². The number of aryl methyl sites for hydroxylation is 1. The fourth-order valence-corrected chi connectivity index (χ4v) is 4.69. The van der Waals surface area contributed by atoms with E-state index in [2.05, 4.69) is 34.1 Å². The predicted molar refractivity (Wildman–Crippen MR) is 82.4 cm³/mol. The molecule has 0 radical (unpaired) electrons. The van der Waals surface area contributed by atoms with Gasteiger partial charge in [0.25, 0.3) is 0 Å². The molecule has 3 N–H and O–H groups in total. The van der Waals surface area contributed by atoms with Crippen LogP contribution in [0.3, 0.4) is 0 Å². The molecule has 3 unspecified atom stereocenters. The molecule has 1 heterocycles. The molecule has 1 fully saturated rings. The fourth-order valence-electron chi connectivity index (χ4n) is 3.05. The molecule has 1 saturated carbocycles. The molecule has 7 heteroatoms. The number of sulfonamides is 1. The molecule has 1 aliphatic carbocycles. The van der Waals surface area contributed by atoms with Crippen LogP contribution in [0, 0.1) is 18.8 Å². The first kappa shape index (κ1) is 16.5. The summed E-state index contributed by atoms with van der Waals surface area (Å²) >= 11 is 0.